The van der Waals surface area contributed by atoms with Gasteiger partial charge in [0.25, 0.3) is 0 Å². The molecule has 0 aliphatic rings. The van der Waals surface area contributed by atoms with Crippen LogP contribution < -0.4 is 5.32 Å². The highest BCUT2D eigenvalue weighted by molar-refractivity contribution is 9.10. The number of carbonyl (C=O) groups is 2. The summed E-state index contributed by atoms with van der Waals surface area (Å²) < 4.78 is 0.692. The number of para-hydroxylation sites is 1. The summed E-state index contributed by atoms with van der Waals surface area (Å²) in [6.07, 6.45) is 0. The van der Waals surface area contributed by atoms with Crippen LogP contribution in [-0.2, 0) is 0 Å². The molecule has 0 saturated carbocycles. The second-order valence-electron chi connectivity index (χ2n) is 3.97. The lowest BCUT2D eigenvalue weighted by Crippen LogP contribution is -2.06. The molecule has 5 nitrogen and oxygen atoms in total. The molecule has 2 rings (SSSR count). The Morgan fingerprint density at radius 3 is 2.15 bits per heavy atom. The molecule has 3 N–H and O–H groups in total. The molecule has 0 heterocycles. The van der Waals surface area contributed by atoms with E-state index in [-0.39, 0.29) is 11.1 Å². The van der Waals surface area contributed by atoms with Crippen LogP contribution in [-0.4, -0.2) is 22.2 Å². The van der Waals surface area contributed by atoms with E-state index in [1.165, 1.54) is 12.1 Å². The van der Waals surface area contributed by atoms with Gasteiger partial charge in [-0.05, 0) is 30.3 Å². The topological polar surface area (TPSA) is 86.6 Å². The Hall–Kier alpha value is -2.34. The first-order valence-corrected chi connectivity index (χ1v) is 6.40. The maximum absolute atomic E-state index is 11.2. The van der Waals surface area contributed by atoms with Crippen molar-refractivity contribution in [3.63, 3.8) is 0 Å². The summed E-state index contributed by atoms with van der Waals surface area (Å²) in [7, 11) is 0. The smallest absolute Gasteiger partial charge is 0.337 e. The highest BCUT2D eigenvalue weighted by atomic mass is 79.9. The molecule has 0 bridgehead atoms. The molecule has 0 radical (unpaired) electrons. The molecular formula is C14H10BrNO4. The van der Waals surface area contributed by atoms with Gasteiger partial charge in [0.05, 0.1) is 22.5 Å². The number of nitrogens with one attached hydrogen (secondary N) is 1. The SMILES string of the molecule is O=C(O)c1ccccc1Nc1cc(Br)ccc1C(=O)O. The van der Waals surface area contributed by atoms with Crippen molar-refractivity contribution in [1.82, 2.24) is 0 Å². The van der Waals surface area contributed by atoms with Gasteiger partial charge in [0.2, 0.25) is 0 Å². The summed E-state index contributed by atoms with van der Waals surface area (Å²) in [4.78, 5) is 22.3. The lowest BCUT2D eigenvalue weighted by atomic mass is 10.1. The number of anilines is 2. The number of halogens is 1. The van der Waals surface area contributed by atoms with Crippen LogP contribution in [0.3, 0.4) is 0 Å². The Bertz CT molecular complexity index is 685. The van der Waals surface area contributed by atoms with Crippen molar-refractivity contribution < 1.29 is 19.8 Å². The fourth-order valence-electron chi connectivity index (χ4n) is 1.73. The number of benzene rings is 2. The normalized spacial score (nSPS) is 10.1. The summed E-state index contributed by atoms with van der Waals surface area (Å²) in [6, 6.07) is 10.9. The van der Waals surface area contributed by atoms with Gasteiger partial charge in [0.15, 0.2) is 0 Å². The molecule has 2 aromatic rings. The molecule has 0 aliphatic carbocycles. The van der Waals surface area contributed by atoms with Gasteiger partial charge in [-0.15, -0.1) is 0 Å². The fraction of sp³-hybridized carbons (Fsp3) is 0. The molecule has 0 saturated heterocycles. The van der Waals surface area contributed by atoms with E-state index >= 15 is 0 Å². The largest absolute Gasteiger partial charge is 0.478 e. The van der Waals surface area contributed by atoms with E-state index < -0.39 is 11.9 Å². The number of hydrogen-bond acceptors (Lipinski definition) is 3. The highest BCUT2D eigenvalue weighted by Crippen LogP contribution is 2.27. The third kappa shape index (κ3) is 2.97. The van der Waals surface area contributed by atoms with E-state index in [2.05, 4.69) is 21.2 Å². The second kappa shape index (κ2) is 5.75. The Morgan fingerprint density at radius 2 is 1.50 bits per heavy atom. The van der Waals surface area contributed by atoms with Gasteiger partial charge in [-0.1, -0.05) is 28.1 Å². The number of carboxylic acids is 2. The average molecular weight is 336 g/mol. The monoisotopic (exact) mass is 335 g/mol. The highest BCUT2D eigenvalue weighted by Gasteiger charge is 2.14. The zero-order chi connectivity index (χ0) is 14.7. The third-order valence-corrected chi connectivity index (χ3v) is 3.13. The maximum atomic E-state index is 11.2. The van der Waals surface area contributed by atoms with Crippen LogP contribution in [0.1, 0.15) is 20.7 Å². The molecule has 0 fully saturated rings. The van der Waals surface area contributed by atoms with Gasteiger partial charge in [0, 0.05) is 4.47 Å². The van der Waals surface area contributed by atoms with E-state index in [0.29, 0.717) is 15.8 Å². The summed E-state index contributed by atoms with van der Waals surface area (Å²) in [5.74, 6) is -2.17. The Labute approximate surface area is 123 Å². The molecule has 2 aromatic carbocycles. The van der Waals surface area contributed by atoms with Gasteiger partial charge in [-0.25, -0.2) is 9.59 Å². The van der Waals surface area contributed by atoms with Gasteiger partial charge < -0.3 is 15.5 Å². The van der Waals surface area contributed by atoms with Crippen LogP contribution in [0.25, 0.3) is 0 Å². The number of rotatable bonds is 4. The molecule has 0 aliphatic heterocycles. The quantitative estimate of drug-likeness (QED) is 0.794. The van der Waals surface area contributed by atoms with Crippen molar-refractivity contribution in [3.05, 3.63) is 58.1 Å². The molecule has 0 atom stereocenters. The van der Waals surface area contributed by atoms with E-state index in [0.717, 1.165) is 0 Å². The minimum Gasteiger partial charge on any atom is -0.478 e. The standard InChI is InChI=1S/C14H10BrNO4/c15-8-5-6-10(14(19)20)12(7-8)16-11-4-2-1-3-9(11)13(17)18/h1-7,16H,(H,17,18)(H,19,20). The molecular weight excluding hydrogens is 326 g/mol. The zero-order valence-corrected chi connectivity index (χ0v) is 11.7. The Balaban J connectivity index is 2.47. The van der Waals surface area contributed by atoms with E-state index in [4.69, 9.17) is 10.2 Å². The second-order valence-corrected chi connectivity index (χ2v) is 4.89. The van der Waals surface area contributed by atoms with Crippen molar-refractivity contribution in [1.29, 1.82) is 0 Å². The summed E-state index contributed by atoms with van der Waals surface area (Å²) in [5, 5.41) is 21.1. The minimum atomic E-state index is -1.09. The molecule has 0 aromatic heterocycles. The fourth-order valence-corrected chi connectivity index (χ4v) is 2.09. The number of carboxylic acid groups (broad SMARTS) is 2. The predicted octanol–water partition coefficient (Wildman–Crippen LogP) is 3.59. The van der Waals surface area contributed by atoms with Gasteiger partial charge in [0.1, 0.15) is 0 Å². The maximum Gasteiger partial charge on any atom is 0.337 e. The molecule has 102 valence electrons. The van der Waals surface area contributed by atoms with Crippen molar-refractivity contribution in [3.8, 4) is 0 Å². The molecule has 0 spiro atoms. The van der Waals surface area contributed by atoms with Gasteiger partial charge >= 0.3 is 11.9 Å². The summed E-state index contributed by atoms with van der Waals surface area (Å²) in [5.41, 5.74) is 0.790. The molecule has 20 heavy (non-hydrogen) atoms. The number of aromatic carboxylic acids is 2. The van der Waals surface area contributed by atoms with Crippen molar-refractivity contribution in [2.75, 3.05) is 5.32 Å². The van der Waals surface area contributed by atoms with Crippen LogP contribution in [0.5, 0.6) is 0 Å². The van der Waals surface area contributed by atoms with Crippen LogP contribution in [0.4, 0.5) is 11.4 Å². The summed E-state index contributed by atoms with van der Waals surface area (Å²) >= 11 is 3.26. The van der Waals surface area contributed by atoms with Gasteiger partial charge in [-0.3, -0.25) is 0 Å². The van der Waals surface area contributed by atoms with Crippen molar-refractivity contribution in [2.45, 2.75) is 0 Å². The molecule has 0 unspecified atom stereocenters. The van der Waals surface area contributed by atoms with Crippen LogP contribution in [0.2, 0.25) is 0 Å². The summed E-state index contributed by atoms with van der Waals surface area (Å²) in [6.45, 7) is 0. The Kier molecular flexibility index (Phi) is 4.05. The predicted molar refractivity (Wildman–Crippen MR) is 77.8 cm³/mol. The average Bonchev–Trinajstić information content (AvgIpc) is 2.38. The van der Waals surface area contributed by atoms with Crippen LogP contribution in [0, 0.1) is 0 Å². The minimum absolute atomic E-state index is 0.0633. The molecule has 0 amide bonds. The third-order valence-electron chi connectivity index (χ3n) is 2.64. The van der Waals surface area contributed by atoms with Crippen molar-refractivity contribution in [2.24, 2.45) is 0 Å². The van der Waals surface area contributed by atoms with Gasteiger partial charge in [-0.2, -0.15) is 0 Å². The van der Waals surface area contributed by atoms with Crippen LogP contribution in [0.15, 0.2) is 46.9 Å². The Morgan fingerprint density at radius 1 is 0.900 bits per heavy atom. The van der Waals surface area contributed by atoms with Crippen LogP contribution >= 0.6 is 15.9 Å². The van der Waals surface area contributed by atoms with Crippen molar-refractivity contribution >= 4 is 39.2 Å². The van der Waals surface area contributed by atoms with E-state index in [1.807, 2.05) is 0 Å². The van der Waals surface area contributed by atoms with E-state index in [9.17, 15) is 9.59 Å². The first-order chi connectivity index (χ1) is 9.49. The lowest BCUT2D eigenvalue weighted by Gasteiger charge is -2.12. The van der Waals surface area contributed by atoms with E-state index in [1.54, 1.807) is 30.3 Å². The lowest BCUT2D eigenvalue weighted by molar-refractivity contribution is 0.0688. The molecule has 6 heteroatoms. The first-order valence-electron chi connectivity index (χ1n) is 5.61. The first kappa shape index (κ1) is 14.1. The number of hydrogen-bond donors (Lipinski definition) is 3. The zero-order valence-electron chi connectivity index (χ0n) is 10.1.